The monoisotopic (exact) mass is 271 g/mol. The van der Waals surface area contributed by atoms with Crippen molar-refractivity contribution >= 4 is 33.8 Å². The number of benzene rings is 1. The number of hydrogen-bond acceptors (Lipinski definition) is 3. The summed E-state index contributed by atoms with van der Waals surface area (Å²) in [5.41, 5.74) is 1.01. The summed E-state index contributed by atoms with van der Waals surface area (Å²) in [4.78, 5) is 21.7. The van der Waals surface area contributed by atoms with E-state index in [0.717, 1.165) is 0 Å². The Labute approximate surface area is 95.7 Å². The third-order valence-electron chi connectivity index (χ3n) is 1.86. The molecular weight excluding hydrogens is 262 g/mol. The number of Topliss-reactive ketones (excluding diaryl/α,β-unsaturated/α-hetero) is 1. The number of halogens is 1. The van der Waals surface area contributed by atoms with Crippen molar-refractivity contribution in [1.29, 1.82) is 0 Å². The Hall–Kier alpha value is -1.36. The highest BCUT2D eigenvalue weighted by molar-refractivity contribution is 9.09. The smallest absolute Gasteiger partial charge is 0.211 e. The molecule has 15 heavy (non-hydrogen) atoms. The van der Waals surface area contributed by atoms with Gasteiger partial charge in [0.1, 0.15) is 5.75 Å². The van der Waals surface area contributed by atoms with Gasteiger partial charge in [0, 0.05) is 5.56 Å². The zero-order chi connectivity index (χ0) is 11.3. The van der Waals surface area contributed by atoms with Crippen molar-refractivity contribution in [1.82, 2.24) is 0 Å². The number of hydrogen-bond donors (Lipinski definition) is 1. The minimum atomic E-state index is -0.0494. The van der Waals surface area contributed by atoms with Crippen molar-refractivity contribution < 1.29 is 14.3 Å². The molecule has 4 nitrogen and oxygen atoms in total. The topological polar surface area (TPSA) is 55.4 Å². The summed E-state index contributed by atoms with van der Waals surface area (Å²) in [5.74, 6) is 0.472. The van der Waals surface area contributed by atoms with Crippen molar-refractivity contribution in [3.63, 3.8) is 0 Å². The lowest BCUT2D eigenvalue weighted by atomic mass is 10.1. The van der Waals surface area contributed by atoms with Crippen LogP contribution in [-0.4, -0.2) is 24.6 Å². The summed E-state index contributed by atoms with van der Waals surface area (Å²) < 4.78 is 5.02. The second-order valence-electron chi connectivity index (χ2n) is 2.73. The zero-order valence-electron chi connectivity index (χ0n) is 8.12. The van der Waals surface area contributed by atoms with Crippen LogP contribution in [0.25, 0.3) is 0 Å². The molecule has 1 amide bonds. The molecule has 0 saturated carbocycles. The quantitative estimate of drug-likeness (QED) is 0.505. The predicted octanol–water partition coefficient (Wildman–Crippen LogP) is 1.84. The molecule has 0 aliphatic heterocycles. The largest absolute Gasteiger partial charge is 0.495 e. The van der Waals surface area contributed by atoms with Gasteiger partial charge >= 0.3 is 0 Å². The Kier molecular flexibility index (Phi) is 4.30. The maximum atomic E-state index is 11.4. The molecule has 0 aliphatic rings. The summed E-state index contributed by atoms with van der Waals surface area (Å²) in [5, 5.41) is 2.72. The number of ether oxygens (including phenoxy) is 1. The summed E-state index contributed by atoms with van der Waals surface area (Å²) in [6, 6.07) is 4.87. The molecule has 0 aromatic heterocycles. The van der Waals surface area contributed by atoms with Crippen LogP contribution in [0.1, 0.15) is 10.4 Å². The van der Waals surface area contributed by atoms with Crippen molar-refractivity contribution in [3.05, 3.63) is 23.8 Å². The first-order valence-corrected chi connectivity index (χ1v) is 5.32. The van der Waals surface area contributed by atoms with Crippen molar-refractivity contribution in [2.45, 2.75) is 0 Å². The molecule has 1 aromatic rings. The first-order valence-electron chi connectivity index (χ1n) is 4.20. The van der Waals surface area contributed by atoms with Crippen LogP contribution >= 0.6 is 15.9 Å². The van der Waals surface area contributed by atoms with E-state index in [-0.39, 0.29) is 11.1 Å². The average molecular weight is 272 g/mol. The van der Waals surface area contributed by atoms with E-state index in [1.165, 1.54) is 7.11 Å². The molecule has 1 rings (SSSR count). The highest BCUT2D eigenvalue weighted by Gasteiger charge is 2.08. The number of amides is 1. The molecule has 0 aliphatic carbocycles. The molecule has 1 N–H and O–H groups in total. The van der Waals surface area contributed by atoms with Gasteiger partial charge in [0.15, 0.2) is 5.78 Å². The number of nitrogens with one attached hydrogen (secondary N) is 1. The fourth-order valence-electron chi connectivity index (χ4n) is 1.13. The van der Waals surface area contributed by atoms with E-state index in [0.29, 0.717) is 23.4 Å². The van der Waals surface area contributed by atoms with Crippen LogP contribution in [0.2, 0.25) is 0 Å². The third-order valence-corrected chi connectivity index (χ3v) is 2.37. The van der Waals surface area contributed by atoms with Crippen molar-refractivity contribution in [2.24, 2.45) is 0 Å². The highest BCUT2D eigenvalue weighted by atomic mass is 79.9. The number of ketones is 1. The minimum absolute atomic E-state index is 0.0494. The average Bonchev–Trinajstić information content (AvgIpc) is 2.28. The lowest BCUT2D eigenvalue weighted by Crippen LogP contribution is -2.03. The van der Waals surface area contributed by atoms with Crippen molar-refractivity contribution in [3.8, 4) is 5.75 Å². The summed E-state index contributed by atoms with van der Waals surface area (Å²) >= 11 is 3.08. The Bertz CT molecular complexity index is 379. The molecule has 0 spiro atoms. The van der Waals surface area contributed by atoms with Gasteiger partial charge in [-0.2, -0.15) is 0 Å². The molecular formula is C10H10BrNO3. The standard InChI is InChI=1S/C10H10BrNO3/c1-15-10-3-2-7(9(14)5-11)4-8(10)12-6-13/h2-4,6H,5H2,1H3,(H,12,13). The maximum absolute atomic E-state index is 11.4. The van der Waals surface area contributed by atoms with E-state index < -0.39 is 0 Å². The summed E-state index contributed by atoms with van der Waals surface area (Å²) in [6.07, 6.45) is 0.542. The van der Waals surface area contributed by atoms with Gasteiger partial charge in [0.25, 0.3) is 0 Å². The molecule has 5 heteroatoms. The van der Waals surface area contributed by atoms with Crippen LogP contribution in [0.15, 0.2) is 18.2 Å². The summed E-state index contributed by atoms with van der Waals surface area (Å²) in [7, 11) is 1.50. The lowest BCUT2D eigenvalue weighted by molar-refractivity contribution is -0.105. The van der Waals surface area contributed by atoms with Crippen LogP contribution in [0.4, 0.5) is 5.69 Å². The molecule has 0 fully saturated rings. The van der Waals surface area contributed by atoms with Crippen molar-refractivity contribution in [2.75, 3.05) is 17.8 Å². The van der Waals surface area contributed by atoms with Gasteiger partial charge < -0.3 is 10.1 Å². The molecule has 1 aromatic carbocycles. The van der Waals surface area contributed by atoms with Crippen LogP contribution in [0, 0.1) is 0 Å². The van der Waals surface area contributed by atoms with Crippen LogP contribution in [0.3, 0.4) is 0 Å². The Morgan fingerprint density at radius 2 is 2.33 bits per heavy atom. The van der Waals surface area contributed by atoms with Gasteiger partial charge in [-0.15, -0.1) is 0 Å². The number of alkyl halides is 1. The lowest BCUT2D eigenvalue weighted by Gasteiger charge is -2.08. The van der Waals surface area contributed by atoms with E-state index in [4.69, 9.17) is 4.74 Å². The number of carbonyl (C=O) groups excluding carboxylic acids is 2. The number of rotatable bonds is 5. The van der Waals surface area contributed by atoms with E-state index in [9.17, 15) is 9.59 Å². The number of carbonyl (C=O) groups is 2. The Morgan fingerprint density at radius 1 is 1.60 bits per heavy atom. The predicted molar refractivity (Wildman–Crippen MR) is 60.8 cm³/mol. The molecule has 0 saturated heterocycles. The molecule has 80 valence electrons. The zero-order valence-corrected chi connectivity index (χ0v) is 9.71. The van der Waals surface area contributed by atoms with E-state index in [1.54, 1.807) is 18.2 Å². The van der Waals surface area contributed by atoms with Crippen LogP contribution in [0.5, 0.6) is 5.75 Å². The van der Waals surface area contributed by atoms with Gasteiger partial charge in [0.2, 0.25) is 6.41 Å². The maximum Gasteiger partial charge on any atom is 0.211 e. The second kappa shape index (κ2) is 5.50. The van der Waals surface area contributed by atoms with E-state index in [1.807, 2.05) is 0 Å². The molecule has 0 radical (unpaired) electrons. The third kappa shape index (κ3) is 2.79. The minimum Gasteiger partial charge on any atom is -0.495 e. The first kappa shape index (κ1) is 11.7. The van der Waals surface area contributed by atoms with Crippen LogP contribution < -0.4 is 10.1 Å². The Balaban J connectivity index is 3.09. The molecule has 0 atom stereocenters. The van der Waals surface area contributed by atoms with E-state index >= 15 is 0 Å². The highest BCUT2D eigenvalue weighted by Crippen LogP contribution is 2.25. The fourth-order valence-corrected chi connectivity index (χ4v) is 1.46. The number of methoxy groups -OCH3 is 1. The fraction of sp³-hybridized carbons (Fsp3) is 0.200. The first-order chi connectivity index (χ1) is 7.22. The Morgan fingerprint density at radius 3 is 2.87 bits per heavy atom. The molecule has 0 heterocycles. The van der Waals surface area contributed by atoms with Gasteiger partial charge in [-0.05, 0) is 18.2 Å². The number of anilines is 1. The van der Waals surface area contributed by atoms with Crippen LogP contribution in [-0.2, 0) is 4.79 Å². The molecule has 0 unspecified atom stereocenters. The SMILES string of the molecule is COc1ccc(C(=O)CBr)cc1NC=O. The van der Waals surface area contributed by atoms with E-state index in [2.05, 4.69) is 21.2 Å². The van der Waals surface area contributed by atoms with Gasteiger partial charge in [0.05, 0.1) is 18.1 Å². The normalized spacial score (nSPS) is 9.47. The second-order valence-corrected chi connectivity index (χ2v) is 3.29. The van der Waals surface area contributed by atoms with Gasteiger partial charge in [-0.25, -0.2) is 0 Å². The molecule has 0 bridgehead atoms. The van der Waals surface area contributed by atoms with Gasteiger partial charge in [-0.3, -0.25) is 9.59 Å². The summed E-state index contributed by atoms with van der Waals surface area (Å²) in [6.45, 7) is 0. The van der Waals surface area contributed by atoms with Gasteiger partial charge in [-0.1, -0.05) is 15.9 Å².